The van der Waals surface area contributed by atoms with Gasteiger partial charge < -0.3 is 5.11 Å². The van der Waals surface area contributed by atoms with E-state index in [1.54, 1.807) is 0 Å². The number of hydrogen-bond acceptors (Lipinski definition) is 5. The van der Waals surface area contributed by atoms with Crippen molar-refractivity contribution in [1.29, 1.82) is 0 Å². The number of nitro benzene ring substituents is 2. The minimum Gasteiger partial charge on any atom is -0.863 e. The molecule has 0 aliphatic heterocycles. The maximum atomic E-state index is 11.1. The molecule has 0 saturated heterocycles. The van der Waals surface area contributed by atoms with Crippen molar-refractivity contribution in [3.63, 3.8) is 0 Å². The molecule has 0 aliphatic carbocycles. The van der Waals surface area contributed by atoms with E-state index in [0.717, 1.165) is 12.1 Å². The van der Waals surface area contributed by atoms with E-state index in [9.17, 15) is 25.3 Å². The van der Waals surface area contributed by atoms with Gasteiger partial charge >= 0.3 is 29.6 Å². The molecule has 0 saturated carbocycles. The van der Waals surface area contributed by atoms with Crippen molar-refractivity contribution in [3.8, 4) is 5.75 Å². The monoisotopic (exact) mass is 220 g/mol. The van der Waals surface area contributed by atoms with Gasteiger partial charge in [-0.25, -0.2) is 0 Å². The predicted octanol–water partition coefficient (Wildman–Crippen LogP) is -2.11. The standard InChI is InChI=1S/C7H6N2O5.Na/c1-4-2-5(8(11)12)7(10)6(3-4)9(13)14;/h2-3,10H,1H3;/q;+1/p-1. The van der Waals surface area contributed by atoms with Gasteiger partial charge in [0.15, 0.2) is 0 Å². The van der Waals surface area contributed by atoms with E-state index in [2.05, 4.69) is 0 Å². The molecule has 0 bridgehead atoms. The van der Waals surface area contributed by atoms with Crippen LogP contribution in [0.5, 0.6) is 5.75 Å². The van der Waals surface area contributed by atoms with Gasteiger partial charge in [0, 0.05) is 12.1 Å². The Bertz CT molecular complexity index is 385. The van der Waals surface area contributed by atoms with Gasteiger partial charge in [-0.15, -0.1) is 0 Å². The zero-order valence-corrected chi connectivity index (χ0v) is 10.1. The third kappa shape index (κ3) is 2.88. The number of nitro groups is 2. The van der Waals surface area contributed by atoms with Gasteiger partial charge in [-0.1, -0.05) is 0 Å². The van der Waals surface area contributed by atoms with Gasteiger partial charge in [-0.2, -0.15) is 0 Å². The molecule has 0 unspecified atom stereocenters. The Morgan fingerprint density at radius 3 is 1.67 bits per heavy atom. The van der Waals surface area contributed by atoms with E-state index < -0.39 is 27.0 Å². The first-order chi connectivity index (χ1) is 6.43. The van der Waals surface area contributed by atoms with Crippen molar-refractivity contribution >= 4 is 11.4 Å². The average Bonchev–Trinajstić information content (AvgIpc) is 2.07. The molecular weight excluding hydrogens is 215 g/mol. The quantitative estimate of drug-likeness (QED) is 0.322. The summed E-state index contributed by atoms with van der Waals surface area (Å²) in [5.41, 5.74) is -1.23. The third-order valence-corrected chi connectivity index (χ3v) is 1.59. The molecular formula is C7H5N2NaO5. The van der Waals surface area contributed by atoms with Crippen molar-refractivity contribution in [3.05, 3.63) is 37.9 Å². The molecule has 0 heterocycles. The Hall–Kier alpha value is -1.18. The van der Waals surface area contributed by atoms with Gasteiger partial charge in [0.25, 0.3) is 11.4 Å². The van der Waals surface area contributed by atoms with Gasteiger partial charge in [-0.3, -0.25) is 20.2 Å². The van der Waals surface area contributed by atoms with Crippen molar-refractivity contribution < 1.29 is 44.5 Å². The molecule has 0 N–H and O–H groups in total. The van der Waals surface area contributed by atoms with Crippen LogP contribution in [-0.2, 0) is 0 Å². The first kappa shape index (κ1) is 13.8. The summed E-state index contributed by atoms with van der Waals surface area (Å²) >= 11 is 0. The molecule has 0 atom stereocenters. The summed E-state index contributed by atoms with van der Waals surface area (Å²) in [6.45, 7) is 1.44. The molecule has 8 heteroatoms. The van der Waals surface area contributed by atoms with E-state index in [4.69, 9.17) is 0 Å². The largest absolute Gasteiger partial charge is 1.00 e. The molecule has 74 valence electrons. The molecule has 1 aromatic carbocycles. The fraction of sp³-hybridized carbons (Fsp3) is 0.143. The summed E-state index contributed by atoms with van der Waals surface area (Å²) in [5, 5.41) is 31.8. The molecule has 7 nitrogen and oxygen atoms in total. The van der Waals surface area contributed by atoms with Crippen LogP contribution in [0.3, 0.4) is 0 Å². The molecule has 0 radical (unpaired) electrons. The van der Waals surface area contributed by atoms with Gasteiger partial charge in [0.2, 0.25) is 0 Å². The smallest absolute Gasteiger partial charge is 0.863 e. The molecule has 0 fully saturated rings. The first-order valence-electron chi connectivity index (χ1n) is 3.54. The number of aryl methyl sites for hydroxylation is 1. The summed E-state index contributed by atoms with van der Waals surface area (Å²) in [6, 6.07) is 2.02. The topological polar surface area (TPSA) is 109 Å². The van der Waals surface area contributed by atoms with Gasteiger partial charge in [0.05, 0.1) is 15.6 Å². The van der Waals surface area contributed by atoms with E-state index >= 15 is 0 Å². The molecule has 0 amide bonds. The maximum absolute atomic E-state index is 11.1. The normalized spacial score (nSPS) is 9.13. The van der Waals surface area contributed by atoms with Crippen LogP contribution in [0.25, 0.3) is 0 Å². The Morgan fingerprint density at radius 1 is 1.07 bits per heavy atom. The molecule has 0 spiro atoms. The second kappa shape index (κ2) is 5.06. The average molecular weight is 220 g/mol. The molecule has 15 heavy (non-hydrogen) atoms. The van der Waals surface area contributed by atoms with E-state index in [1.807, 2.05) is 0 Å². The number of hydrogen-bond donors (Lipinski definition) is 0. The Kier molecular flexibility index (Phi) is 4.66. The summed E-state index contributed by atoms with van der Waals surface area (Å²) in [6.07, 6.45) is 0. The third-order valence-electron chi connectivity index (χ3n) is 1.59. The maximum Gasteiger partial charge on any atom is 1.00 e. The van der Waals surface area contributed by atoms with Crippen LogP contribution in [0, 0.1) is 27.2 Å². The van der Waals surface area contributed by atoms with Crippen molar-refractivity contribution in [2.45, 2.75) is 6.92 Å². The van der Waals surface area contributed by atoms with Crippen molar-refractivity contribution in [2.24, 2.45) is 0 Å². The molecule has 0 aliphatic rings. The van der Waals surface area contributed by atoms with Crippen LogP contribution in [0.15, 0.2) is 12.1 Å². The van der Waals surface area contributed by atoms with E-state index in [1.165, 1.54) is 6.92 Å². The van der Waals surface area contributed by atoms with E-state index in [-0.39, 0.29) is 29.6 Å². The zero-order chi connectivity index (χ0) is 10.9. The van der Waals surface area contributed by atoms with Crippen molar-refractivity contribution in [1.82, 2.24) is 0 Å². The van der Waals surface area contributed by atoms with Gasteiger partial charge in [-0.05, 0) is 12.5 Å². The minimum absolute atomic E-state index is 0. The van der Waals surface area contributed by atoms with Crippen molar-refractivity contribution in [2.75, 3.05) is 0 Å². The van der Waals surface area contributed by atoms with Crippen LogP contribution in [0.4, 0.5) is 11.4 Å². The number of rotatable bonds is 2. The molecule has 0 aromatic heterocycles. The summed E-state index contributed by atoms with van der Waals surface area (Å²) in [5.74, 6) is -1.16. The second-order valence-corrected chi connectivity index (χ2v) is 2.65. The van der Waals surface area contributed by atoms with Crippen LogP contribution < -0.4 is 34.7 Å². The Morgan fingerprint density at radius 2 is 1.40 bits per heavy atom. The summed E-state index contributed by atoms with van der Waals surface area (Å²) in [7, 11) is 0. The molecule has 1 rings (SSSR count). The summed E-state index contributed by atoms with van der Waals surface area (Å²) in [4.78, 5) is 18.8. The second-order valence-electron chi connectivity index (χ2n) is 2.65. The van der Waals surface area contributed by atoms with Crippen LogP contribution in [0.2, 0.25) is 0 Å². The number of nitrogens with zero attached hydrogens (tertiary/aromatic N) is 2. The number of benzene rings is 1. The minimum atomic E-state index is -1.16. The zero-order valence-electron chi connectivity index (χ0n) is 8.09. The van der Waals surface area contributed by atoms with E-state index in [0.29, 0.717) is 5.56 Å². The van der Waals surface area contributed by atoms with Gasteiger partial charge in [0.1, 0.15) is 0 Å². The van der Waals surface area contributed by atoms with Crippen LogP contribution in [0.1, 0.15) is 5.56 Å². The fourth-order valence-electron chi connectivity index (χ4n) is 1.01. The SMILES string of the molecule is Cc1cc([N+](=O)[O-])c([O-])c([N+](=O)[O-])c1.[Na+]. The fourth-order valence-corrected chi connectivity index (χ4v) is 1.01. The van der Waals surface area contributed by atoms with Crippen LogP contribution in [-0.4, -0.2) is 9.85 Å². The Balaban J connectivity index is 0.00000196. The van der Waals surface area contributed by atoms with Crippen LogP contribution >= 0.6 is 0 Å². The molecule has 1 aromatic rings. The summed E-state index contributed by atoms with van der Waals surface area (Å²) < 4.78 is 0. The predicted molar refractivity (Wildman–Crippen MR) is 43.9 cm³/mol. The first-order valence-corrected chi connectivity index (χ1v) is 3.54. The Labute approximate surface area is 106 Å².